The minimum Gasteiger partial charge on any atom is -0.444 e. The minimum atomic E-state index is -0.464. The third kappa shape index (κ3) is 5.74. The van der Waals surface area contributed by atoms with Crippen LogP contribution < -0.4 is 10.6 Å². The summed E-state index contributed by atoms with van der Waals surface area (Å²) in [5.41, 5.74) is 2.34. The quantitative estimate of drug-likeness (QED) is 0.857. The third-order valence-electron chi connectivity index (χ3n) is 3.80. The van der Waals surface area contributed by atoms with Gasteiger partial charge in [0.2, 0.25) is 0 Å². The molecule has 128 valence electrons. The van der Waals surface area contributed by atoms with E-state index in [1.54, 1.807) is 0 Å². The highest BCUT2D eigenvalue weighted by atomic mass is 32.2. The molecule has 4 nitrogen and oxygen atoms in total. The summed E-state index contributed by atoms with van der Waals surface area (Å²) in [4.78, 5) is 11.9. The molecule has 2 N–H and O–H groups in total. The van der Waals surface area contributed by atoms with Crippen LogP contribution in [0.25, 0.3) is 0 Å². The summed E-state index contributed by atoms with van der Waals surface area (Å²) in [5.74, 6) is 2.15. The van der Waals surface area contributed by atoms with Crippen LogP contribution in [-0.4, -0.2) is 30.0 Å². The number of hydrogen-bond donors (Lipinski definition) is 2. The van der Waals surface area contributed by atoms with E-state index in [0.717, 1.165) is 24.5 Å². The molecule has 0 spiro atoms. The van der Waals surface area contributed by atoms with Gasteiger partial charge in [-0.3, -0.25) is 0 Å². The Kier molecular flexibility index (Phi) is 6.36. The summed E-state index contributed by atoms with van der Waals surface area (Å²) < 4.78 is 5.34. The molecule has 1 aromatic carbocycles. The molecule has 2 unspecified atom stereocenters. The van der Waals surface area contributed by atoms with Crippen LogP contribution in [0.2, 0.25) is 0 Å². The number of benzene rings is 1. The van der Waals surface area contributed by atoms with E-state index in [9.17, 15) is 4.79 Å². The van der Waals surface area contributed by atoms with Gasteiger partial charge in [-0.2, -0.15) is 11.8 Å². The van der Waals surface area contributed by atoms with Crippen LogP contribution in [0.15, 0.2) is 24.3 Å². The average Bonchev–Trinajstić information content (AvgIpc) is 2.49. The maximum atomic E-state index is 11.9. The number of rotatable bonds is 5. The summed E-state index contributed by atoms with van der Waals surface area (Å²) in [6.45, 7) is 8.45. The second-order valence-electron chi connectivity index (χ2n) is 6.93. The summed E-state index contributed by atoms with van der Waals surface area (Å²) in [6.07, 6.45) is 0.526. The molecule has 0 fully saturated rings. The van der Waals surface area contributed by atoms with Gasteiger partial charge in [0.25, 0.3) is 0 Å². The predicted molar refractivity (Wildman–Crippen MR) is 96.8 cm³/mol. The van der Waals surface area contributed by atoms with Crippen molar-refractivity contribution in [2.75, 3.05) is 12.3 Å². The van der Waals surface area contributed by atoms with Crippen molar-refractivity contribution in [3.63, 3.8) is 0 Å². The first-order chi connectivity index (χ1) is 10.9. The van der Waals surface area contributed by atoms with Gasteiger partial charge >= 0.3 is 6.09 Å². The van der Waals surface area contributed by atoms with Gasteiger partial charge in [-0.05, 0) is 38.3 Å². The number of carbonyl (C=O) groups is 1. The molecule has 0 bridgehead atoms. The Labute approximate surface area is 143 Å². The van der Waals surface area contributed by atoms with E-state index in [0.29, 0.717) is 6.04 Å². The molecular formula is C18H28N2O2S. The molecule has 0 saturated carbocycles. The standard InChI is InChI=1S/C18H28N2O2S/c1-5-14(20-17(21)22-18(2,3)4)10-19-16-12-23-11-13-8-6-7-9-15(13)16/h6-9,14,16,19H,5,10-12H2,1-4H3,(H,20,21). The normalized spacial score (nSPS) is 18.9. The Morgan fingerprint density at radius 2 is 2.13 bits per heavy atom. The zero-order valence-corrected chi connectivity index (χ0v) is 15.3. The predicted octanol–water partition coefficient (Wildman–Crippen LogP) is 3.87. The summed E-state index contributed by atoms with van der Waals surface area (Å²) in [6, 6.07) is 9.02. The van der Waals surface area contributed by atoms with Gasteiger partial charge < -0.3 is 15.4 Å². The maximum Gasteiger partial charge on any atom is 0.407 e. The molecule has 0 radical (unpaired) electrons. The fourth-order valence-electron chi connectivity index (χ4n) is 2.61. The smallest absolute Gasteiger partial charge is 0.407 e. The molecule has 0 saturated heterocycles. The van der Waals surface area contributed by atoms with E-state index in [-0.39, 0.29) is 12.1 Å². The van der Waals surface area contributed by atoms with Gasteiger partial charge in [0.15, 0.2) is 0 Å². The van der Waals surface area contributed by atoms with Gasteiger partial charge in [0.05, 0.1) is 0 Å². The van der Waals surface area contributed by atoms with Crippen molar-refractivity contribution in [1.82, 2.24) is 10.6 Å². The van der Waals surface area contributed by atoms with Crippen LogP contribution in [0.1, 0.15) is 51.3 Å². The second kappa shape index (κ2) is 8.06. The van der Waals surface area contributed by atoms with Crippen LogP contribution >= 0.6 is 11.8 Å². The Morgan fingerprint density at radius 1 is 1.39 bits per heavy atom. The highest BCUT2D eigenvalue weighted by Crippen LogP contribution is 2.31. The van der Waals surface area contributed by atoms with E-state index in [2.05, 4.69) is 41.8 Å². The van der Waals surface area contributed by atoms with Gasteiger partial charge in [0, 0.05) is 30.1 Å². The first-order valence-corrected chi connectivity index (χ1v) is 9.43. The van der Waals surface area contributed by atoms with Crippen LogP contribution in [0, 0.1) is 0 Å². The van der Waals surface area contributed by atoms with E-state index in [1.807, 2.05) is 32.5 Å². The molecule has 23 heavy (non-hydrogen) atoms. The molecule has 1 aliphatic heterocycles. The minimum absolute atomic E-state index is 0.0731. The van der Waals surface area contributed by atoms with Crippen molar-refractivity contribution in [1.29, 1.82) is 0 Å². The number of thioether (sulfide) groups is 1. The van der Waals surface area contributed by atoms with Crippen molar-refractivity contribution in [2.24, 2.45) is 0 Å². The topological polar surface area (TPSA) is 50.4 Å². The SMILES string of the molecule is CCC(CNC1CSCc2ccccc21)NC(=O)OC(C)(C)C. The molecule has 1 aliphatic rings. The van der Waals surface area contributed by atoms with E-state index in [4.69, 9.17) is 4.74 Å². The highest BCUT2D eigenvalue weighted by molar-refractivity contribution is 7.98. The fourth-order valence-corrected chi connectivity index (χ4v) is 3.74. The van der Waals surface area contributed by atoms with Crippen molar-refractivity contribution < 1.29 is 9.53 Å². The number of ether oxygens (including phenoxy) is 1. The summed E-state index contributed by atoms with van der Waals surface area (Å²) >= 11 is 1.95. The number of carbonyl (C=O) groups excluding carboxylic acids is 1. The molecular weight excluding hydrogens is 308 g/mol. The first-order valence-electron chi connectivity index (χ1n) is 8.27. The lowest BCUT2D eigenvalue weighted by Crippen LogP contribution is -2.45. The third-order valence-corrected chi connectivity index (χ3v) is 4.88. The Hall–Kier alpha value is -1.20. The Bertz CT molecular complexity index is 528. The van der Waals surface area contributed by atoms with Gasteiger partial charge in [-0.15, -0.1) is 0 Å². The summed E-state index contributed by atoms with van der Waals surface area (Å²) in [5, 5.41) is 6.56. The van der Waals surface area contributed by atoms with Crippen molar-refractivity contribution >= 4 is 17.9 Å². The molecule has 2 rings (SSSR count). The lowest BCUT2D eigenvalue weighted by atomic mass is 10.0. The molecule has 1 heterocycles. The highest BCUT2D eigenvalue weighted by Gasteiger charge is 2.22. The lowest BCUT2D eigenvalue weighted by Gasteiger charge is -2.28. The number of amides is 1. The number of nitrogens with one attached hydrogen (secondary N) is 2. The zero-order valence-electron chi connectivity index (χ0n) is 14.5. The molecule has 1 aromatic rings. The van der Waals surface area contributed by atoms with Crippen LogP contribution in [0.3, 0.4) is 0 Å². The van der Waals surface area contributed by atoms with Crippen LogP contribution in [0.4, 0.5) is 4.79 Å². The average molecular weight is 337 g/mol. The lowest BCUT2D eigenvalue weighted by molar-refractivity contribution is 0.0502. The Balaban J connectivity index is 1.88. The fraction of sp³-hybridized carbons (Fsp3) is 0.611. The molecule has 0 aromatic heterocycles. The van der Waals surface area contributed by atoms with Crippen LogP contribution in [-0.2, 0) is 10.5 Å². The zero-order chi connectivity index (χ0) is 16.9. The number of hydrogen-bond acceptors (Lipinski definition) is 4. The monoisotopic (exact) mass is 336 g/mol. The maximum absolute atomic E-state index is 11.9. The van der Waals surface area contributed by atoms with Gasteiger partial charge in [-0.1, -0.05) is 31.2 Å². The largest absolute Gasteiger partial charge is 0.444 e. The van der Waals surface area contributed by atoms with Gasteiger partial charge in [-0.25, -0.2) is 4.79 Å². The molecule has 1 amide bonds. The molecule has 0 aliphatic carbocycles. The molecule has 5 heteroatoms. The van der Waals surface area contributed by atoms with E-state index in [1.165, 1.54) is 11.1 Å². The van der Waals surface area contributed by atoms with Gasteiger partial charge in [0.1, 0.15) is 5.60 Å². The first kappa shape index (κ1) is 18.1. The van der Waals surface area contributed by atoms with E-state index < -0.39 is 5.60 Å². The van der Waals surface area contributed by atoms with Crippen molar-refractivity contribution in [3.8, 4) is 0 Å². The van der Waals surface area contributed by atoms with Crippen molar-refractivity contribution in [3.05, 3.63) is 35.4 Å². The van der Waals surface area contributed by atoms with E-state index >= 15 is 0 Å². The van der Waals surface area contributed by atoms with Crippen LogP contribution in [0.5, 0.6) is 0 Å². The number of alkyl carbamates (subject to hydrolysis) is 1. The Morgan fingerprint density at radius 3 is 2.83 bits per heavy atom. The summed E-state index contributed by atoms with van der Waals surface area (Å²) in [7, 11) is 0. The molecule has 2 atom stereocenters. The second-order valence-corrected chi connectivity index (χ2v) is 7.96. The number of fused-ring (bicyclic) bond motifs is 1. The van der Waals surface area contributed by atoms with Crippen molar-refractivity contribution in [2.45, 2.75) is 57.6 Å².